The number of ether oxygens (including phenoxy) is 1. The molecule has 0 aliphatic carbocycles. The Bertz CT molecular complexity index is 913. The van der Waals surface area contributed by atoms with E-state index in [2.05, 4.69) is 15.2 Å². The number of hydrogen-bond donors (Lipinski definition) is 1. The van der Waals surface area contributed by atoms with Gasteiger partial charge in [0.2, 0.25) is 0 Å². The van der Waals surface area contributed by atoms with E-state index < -0.39 is 0 Å². The van der Waals surface area contributed by atoms with Gasteiger partial charge in [-0.3, -0.25) is 4.79 Å². The standard InChI is InChI=1S/C18H21N5O2/c1-3-22-11-19-21-17(22)15-10-23(8-9-25-15)18(24)16-12(2)20-14-7-5-4-6-13(14)16/h4-7,11,15,20H,3,8-10H2,1-2H3/t15-/m1/s1. The minimum atomic E-state index is -0.245. The molecule has 1 N–H and O–H groups in total. The van der Waals surface area contributed by atoms with Gasteiger partial charge in [0.05, 0.1) is 18.7 Å². The van der Waals surface area contributed by atoms with Crippen molar-refractivity contribution < 1.29 is 9.53 Å². The number of H-pyrrole nitrogens is 1. The van der Waals surface area contributed by atoms with Crippen LogP contribution in [-0.2, 0) is 11.3 Å². The van der Waals surface area contributed by atoms with Gasteiger partial charge in [-0.2, -0.15) is 0 Å². The summed E-state index contributed by atoms with van der Waals surface area (Å²) < 4.78 is 7.81. The van der Waals surface area contributed by atoms with Crippen LogP contribution in [0.2, 0.25) is 0 Å². The van der Waals surface area contributed by atoms with Crippen molar-refractivity contribution in [2.75, 3.05) is 19.7 Å². The summed E-state index contributed by atoms with van der Waals surface area (Å²) in [4.78, 5) is 18.3. The maximum Gasteiger partial charge on any atom is 0.256 e. The Morgan fingerprint density at radius 2 is 2.24 bits per heavy atom. The van der Waals surface area contributed by atoms with Gasteiger partial charge in [0, 0.05) is 29.7 Å². The summed E-state index contributed by atoms with van der Waals surface area (Å²) in [5.41, 5.74) is 2.62. The van der Waals surface area contributed by atoms with Crippen molar-refractivity contribution in [3.63, 3.8) is 0 Å². The third-order valence-electron chi connectivity index (χ3n) is 4.74. The first kappa shape index (κ1) is 15.8. The first-order valence-electron chi connectivity index (χ1n) is 8.55. The Morgan fingerprint density at radius 1 is 1.40 bits per heavy atom. The third kappa shape index (κ3) is 2.70. The Labute approximate surface area is 145 Å². The summed E-state index contributed by atoms with van der Waals surface area (Å²) in [5, 5.41) is 9.11. The number of aromatic amines is 1. The number of benzene rings is 1. The lowest BCUT2D eigenvalue weighted by molar-refractivity contribution is -0.0283. The molecule has 2 aromatic heterocycles. The maximum atomic E-state index is 13.2. The number of nitrogens with one attached hydrogen (secondary N) is 1. The molecule has 3 aromatic rings. The van der Waals surface area contributed by atoms with Gasteiger partial charge in [0.1, 0.15) is 12.4 Å². The smallest absolute Gasteiger partial charge is 0.256 e. The van der Waals surface area contributed by atoms with Crippen LogP contribution in [0.25, 0.3) is 10.9 Å². The fourth-order valence-electron chi connectivity index (χ4n) is 3.46. The molecule has 1 amide bonds. The maximum absolute atomic E-state index is 13.2. The van der Waals surface area contributed by atoms with E-state index >= 15 is 0 Å². The van der Waals surface area contributed by atoms with Crippen molar-refractivity contribution in [1.82, 2.24) is 24.6 Å². The molecule has 1 aliphatic rings. The predicted molar refractivity (Wildman–Crippen MR) is 93.3 cm³/mol. The number of hydrogen-bond acceptors (Lipinski definition) is 4. The zero-order valence-corrected chi connectivity index (χ0v) is 14.4. The van der Waals surface area contributed by atoms with E-state index in [0.29, 0.717) is 19.7 Å². The van der Waals surface area contributed by atoms with Crippen LogP contribution in [0.15, 0.2) is 30.6 Å². The quantitative estimate of drug-likeness (QED) is 0.794. The van der Waals surface area contributed by atoms with Crippen LogP contribution in [0.4, 0.5) is 0 Å². The Balaban J connectivity index is 1.63. The van der Waals surface area contributed by atoms with Gasteiger partial charge in [-0.15, -0.1) is 10.2 Å². The monoisotopic (exact) mass is 339 g/mol. The number of amides is 1. The second-order valence-electron chi connectivity index (χ2n) is 6.26. The minimum Gasteiger partial charge on any atom is -0.366 e. The van der Waals surface area contributed by atoms with Crippen molar-refractivity contribution in [1.29, 1.82) is 0 Å². The topological polar surface area (TPSA) is 76.0 Å². The summed E-state index contributed by atoms with van der Waals surface area (Å²) in [7, 11) is 0. The number of carbonyl (C=O) groups excluding carboxylic acids is 1. The molecule has 7 heteroatoms. The van der Waals surface area contributed by atoms with Crippen LogP contribution < -0.4 is 0 Å². The molecular formula is C18H21N5O2. The molecule has 1 atom stereocenters. The van der Waals surface area contributed by atoms with Gasteiger partial charge < -0.3 is 19.2 Å². The number of rotatable bonds is 3. The molecule has 25 heavy (non-hydrogen) atoms. The third-order valence-corrected chi connectivity index (χ3v) is 4.74. The number of nitrogens with zero attached hydrogens (tertiary/aromatic N) is 4. The highest BCUT2D eigenvalue weighted by atomic mass is 16.5. The molecule has 3 heterocycles. The van der Waals surface area contributed by atoms with E-state index in [0.717, 1.165) is 34.5 Å². The average molecular weight is 339 g/mol. The van der Waals surface area contributed by atoms with E-state index in [-0.39, 0.29) is 12.0 Å². The number of aromatic nitrogens is 4. The molecule has 1 fully saturated rings. The predicted octanol–water partition coefficient (Wildman–Crippen LogP) is 2.30. The number of fused-ring (bicyclic) bond motifs is 1. The van der Waals surface area contributed by atoms with Gasteiger partial charge >= 0.3 is 0 Å². The van der Waals surface area contributed by atoms with E-state index in [1.807, 2.05) is 47.6 Å². The van der Waals surface area contributed by atoms with Crippen molar-refractivity contribution in [2.24, 2.45) is 0 Å². The molecule has 0 bridgehead atoms. The fraction of sp³-hybridized carbons (Fsp3) is 0.389. The summed E-state index contributed by atoms with van der Waals surface area (Å²) in [6, 6.07) is 7.90. The highest BCUT2D eigenvalue weighted by molar-refractivity contribution is 6.08. The number of aryl methyl sites for hydroxylation is 2. The lowest BCUT2D eigenvalue weighted by atomic mass is 10.1. The van der Waals surface area contributed by atoms with Crippen molar-refractivity contribution in [2.45, 2.75) is 26.5 Å². The van der Waals surface area contributed by atoms with E-state index in [1.165, 1.54) is 0 Å². The summed E-state index contributed by atoms with van der Waals surface area (Å²) >= 11 is 0. The molecule has 1 aliphatic heterocycles. The van der Waals surface area contributed by atoms with Gasteiger partial charge in [0.15, 0.2) is 5.82 Å². The van der Waals surface area contributed by atoms with E-state index in [4.69, 9.17) is 4.74 Å². The molecular weight excluding hydrogens is 318 g/mol. The van der Waals surface area contributed by atoms with Crippen molar-refractivity contribution in [3.05, 3.63) is 47.7 Å². The second kappa shape index (κ2) is 6.33. The van der Waals surface area contributed by atoms with Crippen molar-refractivity contribution >= 4 is 16.8 Å². The fourth-order valence-corrected chi connectivity index (χ4v) is 3.46. The first-order chi connectivity index (χ1) is 12.2. The largest absolute Gasteiger partial charge is 0.366 e. The first-order valence-corrected chi connectivity index (χ1v) is 8.55. The lowest BCUT2D eigenvalue weighted by Gasteiger charge is -2.32. The van der Waals surface area contributed by atoms with Crippen LogP contribution in [0.3, 0.4) is 0 Å². The highest BCUT2D eigenvalue weighted by Gasteiger charge is 2.30. The SMILES string of the molecule is CCn1cnnc1[C@H]1CN(C(=O)c2c(C)[nH]c3ccccc23)CCO1. The molecule has 4 rings (SSSR count). The Morgan fingerprint density at radius 3 is 3.08 bits per heavy atom. The van der Waals surface area contributed by atoms with Gasteiger partial charge in [-0.05, 0) is 19.9 Å². The lowest BCUT2D eigenvalue weighted by Crippen LogP contribution is -2.43. The number of carbonyl (C=O) groups is 1. The molecule has 130 valence electrons. The Hall–Kier alpha value is -2.67. The molecule has 1 saturated heterocycles. The normalized spacial score (nSPS) is 18.0. The molecule has 1 aromatic carbocycles. The molecule has 0 spiro atoms. The molecule has 7 nitrogen and oxygen atoms in total. The highest BCUT2D eigenvalue weighted by Crippen LogP contribution is 2.26. The van der Waals surface area contributed by atoms with Crippen LogP contribution >= 0.6 is 0 Å². The van der Waals surface area contributed by atoms with Crippen LogP contribution in [-0.4, -0.2) is 50.3 Å². The van der Waals surface area contributed by atoms with Gasteiger partial charge in [0.25, 0.3) is 5.91 Å². The van der Waals surface area contributed by atoms with E-state index in [9.17, 15) is 4.79 Å². The van der Waals surface area contributed by atoms with Crippen LogP contribution in [0.1, 0.15) is 34.9 Å². The summed E-state index contributed by atoms with van der Waals surface area (Å²) in [5.74, 6) is 0.807. The zero-order valence-electron chi connectivity index (χ0n) is 14.4. The summed E-state index contributed by atoms with van der Waals surface area (Å²) in [6.45, 7) is 6.31. The van der Waals surface area contributed by atoms with Gasteiger partial charge in [-0.1, -0.05) is 18.2 Å². The van der Waals surface area contributed by atoms with Gasteiger partial charge in [-0.25, -0.2) is 0 Å². The van der Waals surface area contributed by atoms with Crippen molar-refractivity contribution in [3.8, 4) is 0 Å². The minimum absolute atomic E-state index is 0.0332. The van der Waals surface area contributed by atoms with E-state index in [1.54, 1.807) is 6.33 Å². The average Bonchev–Trinajstić information content (AvgIpc) is 3.24. The zero-order chi connectivity index (χ0) is 17.4. The second-order valence-corrected chi connectivity index (χ2v) is 6.26. The Kier molecular flexibility index (Phi) is 4.01. The number of para-hydroxylation sites is 1. The molecule has 0 unspecified atom stereocenters. The van der Waals surface area contributed by atoms with Crippen LogP contribution in [0.5, 0.6) is 0 Å². The summed E-state index contributed by atoms with van der Waals surface area (Å²) in [6.07, 6.45) is 1.45. The molecule has 0 radical (unpaired) electrons. The molecule has 0 saturated carbocycles. The number of morpholine rings is 1. The van der Waals surface area contributed by atoms with Crippen LogP contribution in [0, 0.1) is 6.92 Å².